The summed E-state index contributed by atoms with van der Waals surface area (Å²) >= 11 is 0.000000000000000111. The topological polar surface area (TPSA) is 0 Å². The normalized spacial score (nSPS) is 16.3. The van der Waals surface area contributed by atoms with E-state index >= 15 is 0 Å². The van der Waals surface area contributed by atoms with Crippen LogP contribution in [-0.4, -0.2) is 7.63 Å². The molecule has 0 aromatic carbocycles. The van der Waals surface area contributed by atoms with Gasteiger partial charge >= 0.3 is 33.8 Å². The van der Waals surface area contributed by atoms with Crippen molar-refractivity contribution in [3.05, 3.63) is 54.0 Å². The quantitative estimate of drug-likeness (QED) is 0.343. The van der Waals surface area contributed by atoms with Crippen LogP contribution in [0.5, 0.6) is 0 Å². The van der Waals surface area contributed by atoms with Gasteiger partial charge in [-0.15, -0.1) is 38.2 Å². The monoisotopic (exact) mass is 414 g/mol. The average Bonchev–Trinajstić information content (AvgIpc) is 3.03. The molecule has 0 nitrogen and oxygen atoms in total. The molecule has 0 aliphatic heterocycles. The number of allylic oxidation sites excluding steroid dienone is 8. The van der Waals surface area contributed by atoms with Crippen LogP contribution in [0.15, 0.2) is 34.9 Å². The van der Waals surface area contributed by atoms with Gasteiger partial charge in [-0.05, 0) is 0 Å². The third-order valence-electron chi connectivity index (χ3n) is 2.82. The van der Waals surface area contributed by atoms with Crippen molar-refractivity contribution >= 4 is 41.8 Å². The first kappa shape index (κ1) is 30.6. The summed E-state index contributed by atoms with van der Waals surface area (Å²) in [6.07, 6.45) is 14.4. The van der Waals surface area contributed by atoms with Gasteiger partial charge < -0.3 is 6.92 Å². The van der Waals surface area contributed by atoms with Crippen molar-refractivity contribution in [1.82, 2.24) is 0 Å². The summed E-state index contributed by atoms with van der Waals surface area (Å²) in [5.74, 6) is 0.560. The van der Waals surface area contributed by atoms with Crippen LogP contribution in [0.4, 0.5) is 0 Å². The van der Waals surface area contributed by atoms with Crippen molar-refractivity contribution < 1.29 is 16.8 Å². The molecule has 0 heterocycles. The molecule has 1 unspecified atom stereocenters. The Labute approximate surface area is 165 Å². The Balaban J connectivity index is -0.000000108. The number of hydrogen-bond donors (Lipinski definition) is 0. The second-order valence-corrected chi connectivity index (χ2v) is 9.26. The molecular formula is C17H29Cl3SiTi-3. The molecule has 0 bridgehead atoms. The summed E-state index contributed by atoms with van der Waals surface area (Å²) in [6.45, 7) is 14.2. The first-order chi connectivity index (χ1) is 9.45. The van der Waals surface area contributed by atoms with Crippen LogP contribution in [0.1, 0.15) is 47.5 Å². The fourth-order valence-corrected chi connectivity index (χ4v) is 1.50. The summed E-state index contributed by atoms with van der Waals surface area (Å²) in [7, 11) is 7.00. The van der Waals surface area contributed by atoms with Gasteiger partial charge in [0.1, 0.15) is 0 Å². The predicted molar refractivity (Wildman–Crippen MR) is 106 cm³/mol. The van der Waals surface area contributed by atoms with E-state index in [1.54, 1.807) is 0 Å². The molecule has 0 aromatic heterocycles. The van der Waals surface area contributed by atoms with E-state index in [2.05, 4.69) is 52.8 Å². The van der Waals surface area contributed by atoms with E-state index in [1.165, 1.54) is 16.7 Å². The molecule has 2 aliphatic rings. The van der Waals surface area contributed by atoms with Gasteiger partial charge in [0, 0.05) is 0 Å². The summed E-state index contributed by atoms with van der Waals surface area (Å²) < 4.78 is 0. The first-order valence-electron chi connectivity index (χ1n) is 6.87. The van der Waals surface area contributed by atoms with Crippen LogP contribution in [-0.2, 0) is 16.8 Å². The first-order valence-corrected chi connectivity index (χ1v) is 13.0. The molecule has 0 radical (unpaired) electrons. The standard InChI is InChI=1S/C9H13.C5H5.C3H7.3ClH.H2Si.Ti/c1-6-5-7(2)9(4)8(6)3;1-2-4-5-3-1;1-3-2;;;;;/h6H,1-4H3;1-3H,4H2;1,3H2,2H3;3*1H;1H2;/q3*-1;;;;;+1/p-1. The zero-order valence-corrected chi connectivity index (χ0v) is 19.7. The Morgan fingerprint density at radius 2 is 1.82 bits per heavy atom. The number of rotatable bonds is 0. The molecule has 0 amide bonds. The molecular weight excluding hydrogens is 386 g/mol. The summed E-state index contributed by atoms with van der Waals surface area (Å²) in [5, 5.41) is 0. The van der Waals surface area contributed by atoms with E-state index in [0.717, 1.165) is 12.8 Å². The predicted octanol–water partition coefficient (Wildman–Crippen LogP) is 5.87. The SMILES string of the molecule is CC1=[C-]C(C)C(C)=C1C.Cl.Cl.[C-]1=CC=CC1.[CH2-]CC.[SiH2]=[Ti][Cl]. The van der Waals surface area contributed by atoms with Crippen LogP contribution >= 0.6 is 34.1 Å². The Kier molecular flexibility index (Phi) is 30.3. The molecule has 0 spiro atoms. The van der Waals surface area contributed by atoms with Gasteiger partial charge in [0.2, 0.25) is 0 Å². The van der Waals surface area contributed by atoms with E-state index in [-0.39, 0.29) is 41.6 Å². The van der Waals surface area contributed by atoms with Gasteiger partial charge in [-0.25, -0.2) is 17.7 Å². The van der Waals surface area contributed by atoms with E-state index < -0.39 is 0 Å². The molecule has 129 valence electrons. The minimum atomic E-state index is 0. The maximum absolute atomic E-state index is 5.14. The average molecular weight is 416 g/mol. The zero-order valence-electron chi connectivity index (χ0n) is 14.3. The molecule has 0 fully saturated rings. The van der Waals surface area contributed by atoms with Crippen LogP contribution in [0, 0.1) is 25.0 Å². The van der Waals surface area contributed by atoms with Crippen molar-refractivity contribution in [2.24, 2.45) is 5.92 Å². The zero-order chi connectivity index (χ0) is 16.0. The fraction of sp³-hybridized carbons (Fsp3) is 0.471. The third-order valence-corrected chi connectivity index (χ3v) is 2.82. The molecule has 0 saturated carbocycles. The Hall–Kier alpha value is 0.761. The molecule has 2 rings (SSSR count). The van der Waals surface area contributed by atoms with E-state index in [0.29, 0.717) is 5.92 Å². The second-order valence-electron chi connectivity index (χ2n) is 4.44. The molecule has 5 heteroatoms. The van der Waals surface area contributed by atoms with E-state index in [9.17, 15) is 0 Å². The third kappa shape index (κ3) is 17.1. The summed E-state index contributed by atoms with van der Waals surface area (Å²) in [4.78, 5) is 0. The van der Waals surface area contributed by atoms with Crippen LogP contribution in [0.25, 0.3) is 0 Å². The van der Waals surface area contributed by atoms with Gasteiger partial charge in [-0.2, -0.15) is 23.6 Å². The Bertz CT molecular complexity index is 375. The minimum absolute atomic E-state index is 0. The molecule has 0 aromatic rings. The van der Waals surface area contributed by atoms with Crippen molar-refractivity contribution in [2.75, 3.05) is 0 Å². The summed E-state index contributed by atoms with van der Waals surface area (Å²) in [6, 6.07) is 0. The molecule has 1 atom stereocenters. The van der Waals surface area contributed by atoms with Crippen molar-refractivity contribution in [3.63, 3.8) is 0 Å². The van der Waals surface area contributed by atoms with Crippen LogP contribution < -0.4 is 0 Å². The van der Waals surface area contributed by atoms with E-state index in [1.807, 2.05) is 26.7 Å². The maximum atomic E-state index is 5.14. The van der Waals surface area contributed by atoms with Gasteiger partial charge in [0.15, 0.2) is 0 Å². The van der Waals surface area contributed by atoms with Crippen molar-refractivity contribution in [3.8, 4) is 0 Å². The molecule has 0 saturated heterocycles. The van der Waals surface area contributed by atoms with Gasteiger partial charge in [-0.1, -0.05) is 33.6 Å². The van der Waals surface area contributed by atoms with Gasteiger partial charge in [0.25, 0.3) is 0 Å². The Morgan fingerprint density at radius 3 is 1.91 bits per heavy atom. The number of hydrogen-bond acceptors (Lipinski definition) is 0. The summed E-state index contributed by atoms with van der Waals surface area (Å²) in [5.41, 5.74) is 4.25. The fourth-order valence-electron chi connectivity index (χ4n) is 1.50. The molecule has 2 aliphatic carbocycles. The van der Waals surface area contributed by atoms with Gasteiger partial charge in [0.05, 0.1) is 0 Å². The Morgan fingerprint density at radius 1 is 1.36 bits per heavy atom. The van der Waals surface area contributed by atoms with Crippen molar-refractivity contribution in [1.29, 1.82) is 0 Å². The molecule has 22 heavy (non-hydrogen) atoms. The van der Waals surface area contributed by atoms with Crippen LogP contribution in [0.3, 0.4) is 0 Å². The van der Waals surface area contributed by atoms with Crippen molar-refractivity contribution in [2.45, 2.75) is 47.5 Å². The van der Waals surface area contributed by atoms with Gasteiger partial charge in [-0.3, -0.25) is 12.2 Å². The van der Waals surface area contributed by atoms with Crippen LogP contribution in [0.2, 0.25) is 0 Å². The van der Waals surface area contributed by atoms with E-state index in [4.69, 9.17) is 9.30 Å². The second kappa shape index (κ2) is 21.8. The number of halogens is 3. The molecule has 0 N–H and O–H groups in total.